The predicted molar refractivity (Wildman–Crippen MR) is 65.4 cm³/mol. The van der Waals surface area contributed by atoms with E-state index in [1.807, 2.05) is 0 Å². The van der Waals surface area contributed by atoms with Gasteiger partial charge in [0.2, 0.25) is 10.0 Å². The number of nitro benzene ring substituents is 1. The monoisotopic (exact) mass is 274 g/mol. The lowest BCUT2D eigenvalue weighted by atomic mass is 10.2. The Kier molecular flexibility index (Phi) is 4.76. The molecule has 8 heteroatoms. The molecule has 0 atom stereocenters. The Morgan fingerprint density at radius 3 is 2.33 bits per heavy atom. The van der Waals surface area contributed by atoms with Crippen LogP contribution in [0.3, 0.4) is 0 Å². The SMILES string of the molecule is CN(CCO)S(=O)(=O)Cc1ccc([N+](=O)[O-])cc1. The zero-order valence-corrected chi connectivity index (χ0v) is 10.6. The van der Waals surface area contributed by atoms with Crippen LogP contribution < -0.4 is 0 Å². The topological polar surface area (TPSA) is 101 Å². The second-order valence-corrected chi connectivity index (χ2v) is 5.80. The lowest BCUT2D eigenvalue weighted by Gasteiger charge is -2.15. The number of aliphatic hydroxyl groups is 1. The average molecular weight is 274 g/mol. The van der Waals surface area contributed by atoms with Gasteiger partial charge in [0, 0.05) is 25.7 Å². The van der Waals surface area contributed by atoms with Gasteiger partial charge in [-0.05, 0) is 5.56 Å². The molecule has 0 amide bonds. The minimum atomic E-state index is -3.51. The molecular weight excluding hydrogens is 260 g/mol. The molecule has 100 valence electrons. The summed E-state index contributed by atoms with van der Waals surface area (Å²) in [7, 11) is -2.13. The van der Waals surface area contributed by atoms with Gasteiger partial charge in [-0.1, -0.05) is 12.1 Å². The highest BCUT2D eigenvalue weighted by molar-refractivity contribution is 7.88. The zero-order chi connectivity index (χ0) is 13.8. The Morgan fingerprint density at radius 1 is 1.33 bits per heavy atom. The molecule has 1 aromatic carbocycles. The number of likely N-dealkylation sites (N-methyl/N-ethyl adjacent to an activating group) is 1. The molecule has 0 saturated heterocycles. The van der Waals surface area contributed by atoms with Crippen molar-refractivity contribution in [3.8, 4) is 0 Å². The molecule has 0 aliphatic rings. The molecule has 0 radical (unpaired) electrons. The highest BCUT2D eigenvalue weighted by Crippen LogP contribution is 2.15. The fraction of sp³-hybridized carbons (Fsp3) is 0.400. The van der Waals surface area contributed by atoms with Crippen LogP contribution in [0.25, 0.3) is 0 Å². The molecule has 0 saturated carbocycles. The molecule has 0 fully saturated rings. The molecule has 0 bridgehead atoms. The molecule has 1 N–H and O–H groups in total. The molecule has 0 aromatic heterocycles. The molecule has 18 heavy (non-hydrogen) atoms. The Labute approximate surface area is 105 Å². The van der Waals surface area contributed by atoms with Crippen molar-refractivity contribution < 1.29 is 18.4 Å². The molecular formula is C10H14N2O5S. The first-order valence-electron chi connectivity index (χ1n) is 5.15. The number of sulfonamides is 1. The lowest BCUT2D eigenvalue weighted by molar-refractivity contribution is -0.384. The van der Waals surface area contributed by atoms with E-state index >= 15 is 0 Å². The Balaban J connectivity index is 2.81. The summed E-state index contributed by atoms with van der Waals surface area (Å²) in [4.78, 5) is 9.90. The molecule has 0 spiro atoms. The second kappa shape index (κ2) is 5.89. The minimum absolute atomic E-state index is 0.0231. The van der Waals surface area contributed by atoms with E-state index in [0.717, 1.165) is 4.31 Å². The summed E-state index contributed by atoms with van der Waals surface area (Å²) < 4.78 is 24.6. The fourth-order valence-corrected chi connectivity index (χ4v) is 2.51. The quantitative estimate of drug-likeness (QED) is 0.595. The first-order chi connectivity index (χ1) is 8.36. The summed E-state index contributed by atoms with van der Waals surface area (Å²) in [6.07, 6.45) is 0. The lowest BCUT2D eigenvalue weighted by Crippen LogP contribution is -2.30. The van der Waals surface area contributed by atoms with Crippen molar-refractivity contribution >= 4 is 15.7 Å². The van der Waals surface area contributed by atoms with Gasteiger partial charge in [0.05, 0.1) is 17.3 Å². The summed E-state index contributed by atoms with van der Waals surface area (Å²) in [5.41, 5.74) is 0.380. The van der Waals surface area contributed by atoms with E-state index in [4.69, 9.17) is 5.11 Å². The van der Waals surface area contributed by atoms with E-state index in [9.17, 15) is 18.5 Å². The highest BCUT2D eigenvalue weighted by Gasteiger charge is 2.18. The van der Waals surface area contributed by atoms with E-state index in [2.05, 4.69) is 0 Å². The number of benzene rings is 1. The largest absolute Gasteiger partial charge is 0.395 e. The molecule has 0 aliphatic heterocycles. The zero-order valence-electron chi connectivity index (χ0n) is 9.81. The number of nitro groups is 1. The van der Waals surface area contributed by atoms with Gasteiger partial charge < -0.3 is 5.11 Å². The normalized spacial score (nSPS) is 11.7. The number of non-ortho nitro benzene ring substituents is 1. The van der Waals surface area contributed by atoms with Gasteiger partial charge >= 0.3 is 0 Å². The second-order valence-electron chi connectivity index (χ2n) is 3.72. The maximum absolute atomic E-state index is 11.8. The van der Waals surface area contributed by atoms with Crippen LogP contribution in [0.1, 0.15) is 5.56 Å². The van der Waals surface area contributed by atoms with Crippen molar-refractivity contribution in [1.29, 1.82) is 0 Å². The number of rotatable bonds is 6. The summed E-state index contributed by atoms with van der Waals surface area (Å²) in [6.45, 7) is -0.231. The van der Waals surface area contributed by atoms with Crippen molar-refractivity contribution in [3.63, 3.8) is 0 Å². The van der Waals surface area contributed by atoms with Crippen molar-refractivity contribution in [1.82, 2.24) is 4.31 Å². The van der Waals surface area contributed by atoms with Gasteiger partial charge in [-0.3, -0.25) is 10.1 Å². The third-order valence-corrected chi connectivity index (χ3v) is 4.22. The van der Waals surface area contributed by atoms with Crippen LogP contribution in [0.15, 0.2) is 24.3 Å². The minimum Gasteiger partial charge on any atom is -0.395 e. The number of hydrogen-bond donors (Lipinski definition) is 1. The van der Waals surface area contributed by atoms with Crippen LogP contribution in [0.4, 0.5) is 5.69 Å². The Hall–Kier alpha value is -1.51. The van der Waals surface area contributed by atoms with Crippen molar-refractivity contribution in [3.05, 3.63) is 39.9 Å². The van der Waals surface area contributed by atoms with E-state index in [-0.39, 0.29) is 24.6 Å². The van der Waals surface area contributed by atoms with Gasteiger partial charge in [-0.25, -0.2) is 12.7 Å². The van der Waals surface area contributed by atoms with Crippen LogP contribution in [-0.4, -0.2) is 43.0 Å². The van der Waals surface area contributed by atoms with E-state index < -0.39 is 14.9 Å². The molecule has 1 rings (SSSR count). The Morgan fingerprint density at radius 2 is 1.89 bits per heavy atom. The van der Waals surface area contributed by atoms with E-state index in [0.29, 0.717) is 5.56 Å². The number of aliphatic hydroxyl groups excluding tert-OH is 1. The summed E-state index contributed by atoms with van der Waals surface area (Å²) >= 11 is 0. The highest BCUT2D eigenvalue weighted by atomic mass is 32.2. The standard InChI is InChI=1S/C10H14N2O5S/c1-11(6-7-13)18(16,17)8-9-2-4-10(5-3-9)12(14)15/h2-5,13H,6-8H2,1H3. The number of nitrogens with zero attached hydrogens (tertiary/aromatic N) is 2. The van der Waals surface area contributed by atoms with Gasteiger partial charge in [0.1, 0.15) is 0 Å². The first kappa shape index (κ1) is 14.6. The smallest absolute Gasteiger partial charge is 0.269 e. The van der Waals surface area contributed by atoms with Gasteiger partial charge in [-0.15, -0.1) is 0 Å². The van der Waals surface area contributed by atoms with E-state index in [1.54, 1.807) is 0 Å². The van der Waals surface area contributed by atoms with Crippen molar-refractivity contribution in [2.45, 2.75) is 5.75 Å². The fourth-order valence-electron chi connectivity index (χ4n) is 1.31. The van der Waals surface area contributed by atoms with Crippen LogP contribution in [0.2, 0.25) is 0 Å². The van der Waals surface area contributed by atoms with Crippen molar-refractivity contribution in [2.75, 3.05) is 20.2 Å². The maximum atomic E-state index is 11.8. The molecule has 7 nitrogen and oxygen atoms in total. The third-order valence-electron chi connectivity index (χ3n) is 2.39. The van der Waals surface area contributed by atoms with Gasteiger partial charge in [-0.2, -0.15) is 0 Å². The average Bonchev–Trinajstić information content (AvgIpc) is 2.29. The summed E-state index contributed by atoms with van der Waals surface area (Å²) in [5, 5.41) is 19.1. The van der Waals surface area contributed by atoms with Gasteiger partial charge in [0.15, 0.2) is 0 Å². The molecule has 1 aromatic rings. The molecule has 0 unspecified atom stereocenters. The van der Waals surface area contributed by atoms with Crippen LogP contribution in [-0.2, 0) is 15.8 Å². The predicted octanol–water partition coefficient (Wildman–Crippen LogP) is 0.349. The van der Waals surface area contributed by atoms with Gasteiger partial charge in [0.25, 0.3) is 5.69 Å². The van der Waals surface area contributed by atoms with Crippen LogP contribution in [0.5, 0.6) is 0 Å². The van der Waals surface area contributed by atoms with Crippen LogP contribution >= 0.6 is 0 Å². The van der Waals surface area contributed by atoms with E-state index in [1.165, 1.54) is 31.3 Å². The summed E-state index contributed by atoms with van der Waals surface area (Å²) in [6, 6.07) is 5.33. The van der Waals surface area contributed by atoms with Crippen LogP contribution in [0, 0.1) is 10.1 Å². The molecule has 0 aliphatic carbocycles. The third kappa shape index (κ3) is 3.76. The maximum Gasteiger partial charge on any atom is 0.269 e. The summed E-state index contributed by atoms with van der Waals surface area (Å²) in [5.74, 6) is -0.249. The number of hydrogen-bond acceptors (Lipinski definition) is 5. The molecule has 0 heterocycles. The van der Waals surface area contributed by atoms with Crippen molar-refractivity contribution in [2.24, 2.45) is 0 Å². The first-order valence-corrected chi connectivity index (χ1v) is 6.76. The Bertz CT molecular complexity index is 512.